The summed E-state index contributed by atoms with van der Waals surface area (Å²) in [7, 11) is -3.64. The molecule has 1 aromatic carbocycles. The van der Waals surface area contributed by atoms with E-state index in [9.17, 15) is 13.2 Å². The zero-order chi connectivity index (χ0) is 14.8. The predicted octanol–water partition coefficient (Wildman–Crippen LogP) is 0.210. The minimum atomic E-state index is -3.64. The van der Waals surface area contributed by atoms with Crippen molar-refractivity contribution in [1.82, 2.24) is 4.90 Å². The average Bonchev–Trinajstić information content (AvgIpc) is 2.42. The van der Waals surface area contributed by atoms with Crippen LogP contribution in [0.5, 0.6) is 0 Å². The van der Waals surface area contributed by atoms with Gasteiger partial charge < -0.3 is 15.4 Å². The quantitative estimate of drug-likeness (QED) is 0.806. The van der Waals surface area contributed by atoms with Crippen molar-refractivity contribution in [1.29, 1.82) is 0 Å². The van der Waals surface area contributed by atoms with Gasteiger partial charge in [0.1, 0.15) is 5.75 Å². The van der Waals surface area contributed by atoms with Crippen molar-refractivity contribution in [2.45, 2.75) is 11.8 Å². The number of carbonyl (C=O) groups is 1. The second kappa shape index (κ2) is 5.80. The highest BCUT2D eigenvalue weighted by atomic mass is 32.2. The van der Waals surface area contributed by atoms with Gasteiger partial charge in [0.15, 0.2) is 9.84 Å². The third-order valence-electron chi connectivity index (χ3n) is 3.28. The van der Waals surface area contributed by atoms with Crippen molar-refractivity contribution in [3.05, 3.63) is 23.8 Å². The zero-order valence-corrected chi connectivity index (χ0v) is 12.1. The molecule has 1 aliphatic rings. The number of morpholine rings is 1. The molecule has 1 heterocycles. The van der Waals surface area contributed by atoms with E-state index < -0.39 is 15.6 Å². The smallest absolute Gasteiger partial charge is 0.238 e. The lowest BCUT2D eigenvalue weighted by molar-refractivity contribution is -0.132. The van der Waals surface area contributed by atoms with Crippen LogP contribution in [0.4, 0.5) is 5.69 Å². The van der Waals surface area contributed by atoms with Crippen LogP contribution >= 0.6 is 0 Å². The Hall–Kier alpha value is -1.60. The van der Waals surface area contributed by atoms with E-state index in [1.807, 2.05) is 0 Å². The second-order valence-corrected chi connectivity index (χ2v) is 6.76. The summed E-state index contributed by atoms with van der Waals surface area (Å²) >= 11 is 0. The molecule has 0 bridgehead atoms. The fraction of sp³-hybridized carbons (Fsp3) is 0.462. The monoisotopic (exact) mass is 298 g/mol. The Morgan fingerprint density at radius 1 is 1.35 bits per heavy atom. The summed E-state index contributed by atoms with van der Waals surface area (Å²) in [5.74, 6) is -0.904. The topological polar surface area (TPSA) is 89.7 Å². The minimum Gasteiger partial charge on any atom is -0.399 e. The fourth-order valence-corrected chi connectivity index (χ4v) is 3.30. The maximum absolute atomic E-state index is 12.2. The summed E-state index contributed by atoms with van der Waals surface area (Å²) in [4.78, 5) is 13.7. The summed E-state index contributed by atoms with van der Waals surface area (Å²) in [6.07, 6.45) is 0. The molecular weight excluding hydrogens is 280 g/mol. The molecule has 20 heavy (non-hydrogen) atoms. The molecule has 1 aromatic rings. The van der Waals surface area contributed by atoms with Gasteiger partial charge >= 0.3 is 0 Å². The Bertz CT molecular complexity index is 607. The molecular formula is C13H18N2O4S. The van der Waals surface area contributed by atoms with Crippen molar-refractivity contribution in [2.75, 3.05) is 37.8 Å². The SMILES string of the molecule is Cc1cc(S(=O)(=O)CC(=O)N2CCOCC2)ccc1N. The van der Waals surface area contributed by atoms with Crippen molar-refractivity contribution < 1.29 is 17.9 Å². The van der Waals surface area contributed by atoms with Crippen LogP contribution in [0.1, 0.15) is 5.56 Å². The van der Waals surface area contributed by atoms with Gasteiger partial charge in [-0.15, -0.1) is 0 Å². The Morgan fingerprint density at radius 3 is 2.60 bits per heavy atom. The fourth-order valence-electron chi connectivity index (χ4n) is 1.99. The summed E-state index contributed by atoms with van der Waals surface area (Å²) < 4.78 is 29.6. The molecule has 0 atom stereocenters. The lowest BCUT2D eigenvalue weighted by Gasteiger charge is -2.26. The molecule has 0 aromatic heterocycles. The third-order valence-corrected chi connectivity index (χ3v) is 4.88. The van der Waals surface area contributed by atoms with E-state index in [4.69, 9.17) is 10.5 Å². The first-order chi connectivity index (χ1) is 9.40. The summed E-state index contributed by atoms with van der Waals surface area (Å²) in [5.41, 5.74) is 6.88. The van der Waals surface area contributed by atoms with Gasteiger partial charge in [-0.2, -0.15) is 0 Å². The number of nitrogens with zero attached hydrogens (tertiary/aromatic N) is 1. The number of anilines is 1. The Labute approximate surface area is 118 Å². The molecule has 1 fully saturated rings. The van der Waals surface area contributed by atoms with Gasteiger partial charge in [0.25, 0.3) is 0 Å². The van der Waals surface area contributed by atoms with Gasteiger partial charge in [0, 0.05) is 18.8 Å². The second-order valence-electron chi connectivity index (χ2n) is 4.77. The number of nitrogen functional groups attached to an aromatic ring is 1. The number of hydrogen-bond acceptors (Lipinski definition) is 5. The van der Waals surface area contributed by atoms with Crippen molar-refractivity contribution in [3.8, 4) is 0 Å². The van der Waals surface area contributed by atoms with Gasteiger partial charge in [-0.1, -0.05) is 0 Å². The molecule has 7 heteroatoms. The number of sulfone groups is 1. The van der Waals surface area contributed by atoms with E-state index in [1.165, 1.54) is 17.0 Å². The number of benzene rings is 1. The first-order valence-corrected chi connectivity index (χ1v) is 8.00. The number of rotatable bonds is 3. The van der Waals surface area contributed by atoms with E-state index in [0.29, 0.717) is 37.6 Å². The number of amides is 1. The van der Waals surface area contributed by atoms with Crippen LogP contribution in [0, 0.1) is 6.92 Å². The van der Waals surface area contributed by atoms with Crippen LogP contribution in [0.25, 0.3) is 0 Å². The van der Waals surface area contributed by atoms with Crippen LogP contribution < -0.4 is 5.73 Å². The van der Waals surface area contributed by atoms with Crippen molar-refractivity contribution in [2.24, 2.45) is 0 Å². The lowest BCUT2D eigenvalue weighted by Crippen LogP contribution is -2.43. The van der Waals surface area contributed by atoms with E-state index >= 15 is 0 Å². The van der Waals surface area contributed by atoms with E-state index in [-0.39, 0.29) is 10.8 Å². The zero-order valence-electron chi connectivity index (χ0n) is 11.3. The minimum absolute atomic E-state index is 0.130. The maximum atomic E-state index is 12.2. The number of ether oxygens (including phenoxy) is 1. The van der Waals surface area contributed by atoms with E-state index in [0.717, 1.165) is 0 Å². The Morgan fingerprint density at radius 2 is 2.00 bits per heavy atom. The van der Waals surface area contributed by atoms with Crippen molar-refractivity contribution >= 4 is 21.4 Å². The Balaban J connectivity index is 2.13. The van der Waals surface area contributed by atoms with E-state index in [2.05, 4.69) is 0 Å². The van der Waals surface area contributed by atoms with Crippen LogP contribution in [-0.4, -0.2) is 51.3 Å². The van der Waals surface area contributed by atoms with Crippen LogP contribution in [-0.2, 0) is 19.4 Å². The molecule has 110 valence electrons. The van der Waals surface area contributed by atoms with Gasteiger partial charge in [-0.05, 0) is 30.7 Å². The molecule has 0 radical (unpaired) electrons. The molecule has 0 spiro atoms. The normalized spacial score (nSPS) is 16.1. The lowest BCUT2D eigenvalue weighted by atomic mass is 10.2. The molecule has 0 saturated carbocycles. The highest BCUT2D eigenvalue weighted by molar-refractivity contribution is 7.92. The molecule has 1 saturated heterocycles. The van der Waals surface area contributed by atoms with Crippen LogP contribution in [0.3, 0.4) is 0 Å². The number of aryl methyl sites for hydroxylation is 1. The summed E-state index contributed by atoms with van der Waals surface area (Å²) in [6, 6.07) is 4.48. The first kappa shape index (κ1) is 14.8. The predicted molar refractivity (Wildman–Crippen MR) is 75.0 cm³/mol. The number of nitrogens with two attached hydrogens (primary N) is 1. The largest absolute Gasteiger partial charge is 0.399 e. The molecule has 2 N–H and O–H groups in total. The van der Waals surface area contributed by atoms with Gasteiger partial charge in [0.2, 0.25) is 5.91 Å². The summed E-state index contributed by atoms with van der Waals surface area (Å²) in [5, 5.41) is 0. The molecule has 1 amide bonds. The van der Waals surface area contributed by atoms with Gasteiger partial charge in [0.05, 0.1) is 18.1 Å². The van der Waals surface area contributed by atoms with Crippen LogP contribution in [0.2, 0.25) is 0 Å². The van der Waals surface area contributed by atoms with Crippen molar-refractivity contribution in [3.63, 3.8) is 0 Å². The molecule has 0 aliphatic carbocycles. The third kappa shape index (κ3) is 3.29. The molecule has 2 rings (SSSR count). The van der Waals surface area contributed by atoms with Gasteiger partial charge in [-0.3, -0.25) is 4.79 Å². The standard InChI is InChI=1S/C13H18N2O4S/c1-10-8-11(2-3-12(10)14)20(17,18)9-13(16)15-4-6-19-7-5-15/h2-3,8H,4-7,9,14H2,1H3. The van der Waals surface area contributed by atoms with Crippen LogP contribution in [0.15, 0.2) is 23.1 Å². The molecule has 1 aliphatic heterocycles. The highest BCUT2D eigenvalue weighted by Gasteiger charge is 2.25. The number of carbonyl (C=O) groups excluding carboxylic acids is 1. The first-order valence-electron chi connectivity index (χ1n) is 6.34. The molecule has 6 nitrogen and oxygen atoms in total. The summed E-state index contributed by atoms with van der Waals surface area (Å²) in [6.45, 7) is 3.52. The molecule has 0 unspecified atom stereocenters. The van der Waals surface area contributed by atoms with E-state index in [1.54, 1.807) is 13.0 Å². The Kier molecular flexibility index (Phi) is 4.29. The highest BCUT2D eigenvalue weighted by Crippen LogP contribution is 2.18. The maximum Gasteiger partial charge on any atom is 0.238 e. The average molecular weight is 298 g/mol. The number of hydrogen-bond donors (Lipinski definition) is 1. The van der Waals surface area contributed by atoms with Gasteiger partial charge in [-0.25, -0.2) is 8.42 Å².